The van der Waals surface area contributed by atoms with Gasteiger partial charge in [-0.1, -0.05) is 60.7 Å². The molecule has 0 saturated carbocycles. The van der Waals surface area contributed by atoms with Crippen molar-refractivity contribution in [2.45, 2.75) is 6.61 Å². The SMILES string of the molecule is O=C(Nc1ccccc1Oc1ccccc1)c1cc(OCc2ccccc2)ncn1. The Morgan fingerprint density at radius 1 is 0.833 bits per heavy atom. The molecule has 1 amide bonds. The van der Waals surface area contributed by atoms with Crippen molar-refractivity contribution in [3.8, 4) is 17.4 Å². The van der Waals surface area contributed by atoms with E-state index in [-0.39, 0.29) is 11.6 Å². The molecule has 4 aromatic rings. The van der Waals surface area contributed by atoms with Crippen molar-refractivity contribution in [2.75, 3.05) is 5.32 Å². The number of hydrogen-bond acceptors (Lipinski definition) is 5. The number of amides is 1. The highest BCUT2D eigenvalue weighted by molar-refractivity contribution is 6.03. The summed E-state index contributed by atoms with van der Waals surface area (Å²) in [5, 5.41) is 2.84. The van der Waals surface area contributed by atoms with Gasteiger partial charge < -0.3 is 14.8 Å². The van der Waals surface area contributed by atoms with Crippen LogP contribution in [0.4, 0.5) is 5.69 Å². The maximum atomic E-state index is 12.7. The maximum Gasteiger partial charge on any atom is 0.274 e. The van der Waals surface area contributed by atoms with E-state index in [9.17, 15) is 4.79 Å². The number of rotatable bonds is 7. The molecule has 0 bridgehead atoms. The van der Waals surface area contributed by atoms with Gasteiger partial charge in [0, 0.05) is 6.07 Å². The average Bonchev–Trinajstić information content (AvgIpc) is 2.80. The number of nitrogens with one attached hydrogen (secondary N) is 1. The number of carbonyl (C=O) groups is 1. The summed E-state index contributed by atoms with van der Waals surface area (Å²) in [4.78, 5) is 20.9. The van der Waals surface area contributed by atoms with Crippen LogP contribution in [0.15, 0.2) is 97.3 Å². The zero-order valence-corrected chi connectivity index (χ0v) is 16.1. The second-order valence-electron chi connectivity index (χ2n) is 6.38. The van der Waals surface area contributed by atoms with Crippen LogP contribution in [0.3, 0.4) is 0 Å². The highest BCUT2D eigenvalue weighted by atomic mass is 16.5. The molecule has 30 heavy (non-hydrogen) atoms. The Kier molecular flexibility index (Phi) is 5.96. The Hall–Kier alpha value is -4.19. The number of hydrogen-bond donors (Lipinski definition) is 1. The number of anilines is 1. The van der Waals surface area contributed by atoms with Crippen molar-refractivity contribution in [1.82, 2.24) is 9.97 Å². The molecule has 0 aliphatic rings. The van der Waals surface area contributed by atoms with Crippen LogP contribution in [0.5, 0.6) is 17.4 Å². The van der Waals surface area contributed by atoms with Crippen molar-refractivity contribution < 1.29 is 14.3 Å². The first kappa shape index (κ1) is 19.1. The Bertz CT molecular complexity index is 1120. The van der Waals surface area contributed by atoms with E-state index >= 15 is 0 Å². The average molecular weight is 397 g/mol. The zero-order valence-electron chi connectivity index (χ0n) is 16.1. The molecule has 0 radical (unpaired) electrons. The Morgan fingerprint density at radius 3 is 2.33 bits per heavy atom. The summed E-state index contributed by atoms with van der Waals surface area (Å²) in [7, 11) is 0. The molecule has 1 aromatic heterocycles. The summed E-state index contributed by atoms with van der Waals surface area (Å²) in [6, 6.07) is 27.8. The molecule has 1 N–H and O–H groups in total. The van der Waals surface area contributed by atoms with Gasteiger partial charge in [0.25, 0.3) is 5.91 Å². The topological polar surface area (TPSA) is 73.3 Å². The van der Waals surface area contributed by atoms with Crippen LogP contribution in [-0.4, -0.2) is 15.9 Å². The molecule has 0 unspecified atom stereocenters. The summed E-state index contributed by atoms with van der Waals surface area (Å²) in [5.41, 5.74) is 1.74. The second kappa shape index (κ2) is 9.34. The monoisotopic (exact) mass is 397 g/mol. The molecule has 0 fully saturated rings. The molecule has 6 nitrogen and oxygen atoms in total. The van der Waals surface area contributed by atoms with E-state index in [0.717, 1.165) is 5.56 Å². The van der Waals surface area contributed by atoms with Crippen molar-refractivity contribution in [2.24, 2.45) is 0 Å². The van der Waals surface area contributed by atoms with Crippen molar-refractivity contribution in [3.05, 3.63) is 109 Å². The predicted molar refractivity (Wildman–Crippen MR) is 114 cm³/mol. The number of aromatic nitrogens is 2. The summed E-state index contributed by atoms with van der Waals surface area (Å²) in [6.07, 6.45) is 1.31. The normalized spacial score (nSPS) is 10.3. The Labute approximate surface area is 174 Å². The molecule has 0 saturated heterocycles. The highest BCUT2D eigenvalue weighted by Gasteiger charge is 2.13. The minimum absolute atomic E-state index is 0.197. The molecule has 0 atom stereocenters. The van der Waals surface area contributed by atoms with Crippen LogP contribution >= 0.6 is 0 Å². The van der Waals surface area contributed by atoms with Gasteiger partial charge >= 0.3 is 0 Å². The molecule has 0 spiro atoms. The maximum absolute atomic E-state index is 12.7. The summed E-state index contributed by atoms with van der Waals surface area (Å²) < 4.78 is 11.6. The molecule has 148 valence electrons. The van der Waals surface area contributed by atoms with Crippen molar-refractivity contribution in [3.63, 3.8) is 0 Å². The smallest absolute Gasteiger partial charge is 0.274 e. The van der Waals surface area contributed by atoms with E-state index in [4.69, 9.17) is 9.47 Å². The van der Waals surface area contributed by atoms with Crippen molar-refractivity contribution >= 4 is 11.6 Å². The zero-order chi connectivity index (χ0) is 20.6. The number of carbonyl (C=O) groups excluding carboxylic acids is 1. The van der Waals surface area contributed by atoms with E-state index in [0.29, 0.717) is 29.7 Å². The molecule has 3 aromatic carbocycles. The van der Waals surface area contributed by atoms with Gasteiger partial charge in [-0.3, -0.25) is 4.79 Å². The van der Waals surface area contributed by atoms with Crippen LogP contribution in [0, 0.1) is 0 Å². The first-order chi connectivity index (χ1) is 14.8. The van der Waals surface area contributed by atoms with Gasteiger partial charge in [0.05, 0.1) is 5.69 Å². The van der Waals surface area contributed by atoms with E-state index < -0.39 is 0 Å². The number of benzene rings is 3. The molecular weight excluding hydrogens is 378 g/mol. The number of ether oxygens (including phenoxy) is 2. The van der Waals surface area contributed by atoms with E-state index in [1.165, 1.54) is 12.4 Å². The van der Waals surface area contributed by atoms with Crippen LogP contribution in [0.1, 0.15) is 16.1 Å². The van der Waals surface area contributed by atoms with Gasteiger partial charge in [-0.2, -0.15) is 0 Å². The largest absolute Gasteiger partial charge is 0.473 e. The van der Waals surface area contributed by atoms with Crippen LogP contribution in [-0.2, 0) is 6.61 Å². The highest BCUT2D eigenvalue weighted by Crippen LogP contribution is 2.29. The third-order valence-electron chi connectivity index (χ3n) is 4.21. The fourth-order valence-electron chi connectivity index (χ4n) is 2.73. The lowest BCUT2D eigenvalue weighted by Crippen LogP contribution is -2.14. The fourth-order valence-corrected chi connectivity index (χ4v) is 2.73. The lowest BCUT2D eigenvalue weighted by atomic mass is 10.2. The quantitative estimate of drug-likeness (QED) is 0.470. The first-order valence-corrected chi connectivity index (χ1v) is 9.40. The summed E-state index contributed by atoms with van der Waals surface area (Å²) in [5.74, 6) is 1.16. The third kappa shape index (κ3) is 4.99. The van der Waals surface area contributed by atoms with Gasteiger partial charge in [-0.05, 0) is 29.8 Å². The minimum Gasteiger partial charge on any atom is -0.473 e. The lowest BCUT2D eigenvalue weighted by Gasteiger charge is -2.12. The van der Waals surface area contributed by atoms with Gasteiger partial charge in [0.15, 0.2) is 5.75 Å². The molecule has 4 rings (SSSR count). The standard InChI is InChI=1S/C24H19N3O3/c28-24(21-15-23(26-17-25-21)29-16-18-9-3-1-4-10-18)27-20-13-7-8-14-22(20)30-19-11-5-2-6-12-19/h1-15,17H,16H2,(H,27,28). The predicted octanol–water partition coefficient (Wildman–Crippen LogP) is 5.10. The first-order valence-electron chi connectivity index (χ1n) is 9.40. The Balaban J connectivity index is 1.45. The van der Waals surface area contributed by atoms with Crippen LogP contribution in [0.25, 0.3) is 0 Å². The van der Waals surface area contributed by atoms with Gasteiger partial charge in [-0.25, -0.2) is 9.97 Å². The summed E-state index contributed by atoms with van der Waals surface area (Å²) in [6.45, 7) is 0.354. The molecule has 0 aliphatic carbocycles. The molecule has 6 heteroatoms. The van der Waals surface area contributed by atoms with E-state index in [1.54, 1.807) is 12.1 Å². The van der Waals surface area contributed by atoms with Gasteiger partial charge in [-0.15, -0.1) is 0 Å². The number of nitrogens with zero attached hydrogens (tertiary/aromatic N) is 2. The third-order valence-corrected chi connectivity index (χ3v) is 4.21. The molecular formula is C24H19N3O3. The van der Waals surface area contributed by atoms with Gasteiger partial charge in [0.2, 0.25) is 5.88 Å². The minimum atomic E-state index is -0.383. The van der Waals surface area contributed by atoms with E-state index in [2.05, 4.69) is 15.3 Å². The summed E-state index contributed by atoms with van der Waals surface area (Å²) >= 11 is 0. The Morgan fingerprint density at radius 2 is 1.53 bits per heavy atom. The number of para-hydroxylation sites is 3. The molecule has 1 heterocycles. The van der Waals surface area contributed by atoms with E-state index in [1.807, 2.05) is 72.8 Å². The fraction of sp³-hybridized carbons (Fsp3) is 0.0417. The lowest BCUT2D eigenvalue weighted by molar-refractivity contribution is 0.102. The van der Waals surface area contributed by atoms with Crippen LogP contribution < -0.4 is 14.8 Å². The molecule has 0 aliphatic heterocycles. The van der Waals surface area contributed by atoms with Crippen molar-refractivity contribution in [1.29, 1.82) is 0 Å². The van der Waals surface area contributed by atoms with Gasteiger partial charge in [0.1, 0.15) is 24.4 Å². The van der Waals surface area contributed by atoms with Crippen LogP contribution in [0.2, 0.25) is 0 Å². The second-order valence-corrected chi connectivity index (χ2v) is 6.38.